The molecule has 98 valence electrons. The maximum Gasteiger partial charge on any atom is 0.328 e. The van der Waals surface area contributed by atoms with Crippen molar-refractivity contribution in [3.8, 4) is 0 Å². The number of rotatable bonds is 5. The highest BCUT2D eigenvalue weighted by Crippen LogP contribution is 2.16. The molecule has 0 aromatic heterocycles. The Morgan fingerprint density at radius 3 is 2.65 bits per heavy atom. The Bertz CT molecular complexity index is 278. The first-order chi connectivity index (χ1) is 8.04. The van der Waals surface area contributed by atoms with E-state index < -0.39 is 24.6 Å². The van der Waals surface area contributed by atoms with Crippen LogP contribution in [0.4, 0.5) is 4.79 Å². The number of ether oxygens (including phenoxy) is 1. The first-order valence-electron chi connectivity index (χ1n) is 5.53. The van der Waals surface area contributed by atoms with Gasteiger partial charge in [-0.05, 0) is 13.3 Å². The molecule has 1 aliphatic heterocycles. The maximum absolute atomic E-state index is 11.4. The van der Waals surface area contributed by atoms with E-state index in [1.54, 1.807) is 0 Å². The molecule has 1 saturated heterocycles. The van der Waals surface area contributed by atoms with Crippen molar-refractivity contribution in [1.29, 1.82) is 0 Å². The molecular weight excluding hydrogens is 228 g/mol. The van der Waals surface area contributed by atoms with Gasteiger partial charge in [-0.3, -0.25) is 0 Å². The van der Waals surface area contributed by atoms with E-state index in [9.17, 15) is 9.59 Å². The Hall–Kier alpha value is -1.34. The van der Waals surface area contributed by atoms with Crippen molar-refractivity contribution in [2.24, 2.45) is 5.92 Å². The van der Waals surface area contributed by atoms with Crippen LogP contribution >= 0.6 is 0 Å². The summed E-state index contributed by atoms with van der Waals surface area (Å²) in [7, 11) is 0. The minimum Gasteiger partial charge on any atom is -0.480 e. The molecule has 7 heteroatoms. The SMILES string of the molecule is CC(NC(=O)N[C@@H](CO)C(=O)O)C1CCOC1. The summed E-state index contributed by atoms with van der Waals surface area (Å²) in [4.78, 5) is 22.0. The van der Waals surface area contributed by atoms with Crippen LogP contribution in [0.1, 0.15) is 13.3 Å². The van der Waals surface area contributed by atoms with E-state index in [-0.39, 0.29) is 12.0 Å². The summed E-state index contributed by atoms with van der Waals surface area (Å²) in [6.45, 7) is 2.49. The third-order valence-electron chi connectivity index (χ3n) is 2.82. The van der Waals surface area contributed by atoms with Crippen LogP contribution in [0.15, 0.2) is 0 Å². The molecule has 7 nitrogen and oxygen atoms in total. The normalized spacial score (nSPS) is 22.8. The lowest BCUT2D eigenvalue weighted by Gasteiger charge is -2.20. The molecule has 0 spiro atoms. The summed E-state index contributed by atoms with van der Waals surface area (Å²) in [6, 6.07) is -1.96. The van der Waals surface area contributed by atoms with E-state index >= 15 is 0 Å². The van der Waals surface area contributed by atoms with E-state index in [1.807, 2.05) is 6.92 Å². The summed E-state index contributed by atoms with van der Waals surface area (Å²) in [5.74, 6) is -1.02. The zero-order valence-corrected chi connectivity index (χ0v) is 9.68. The van der Waals surface area contributed by atoms with Gasteiger partial charge in [-0.15, -0.1) is 0 Å². The fraction of sp³-hybridized carbons (Fsp3) is 0.800. The van der Waals surface area contributed by atoms with Gasteiger partial charge in [0.15, 0.2) is 6.04 Å². The fourth-order valence-corrected chi connectivity index (χ4v) is 1.66. The second-order valence-electron chi connectivity index (χ2n) is 4.10. The van der Waals surface area contributed by atoms with E-state index in [1.165, 1.54) is 0 Å². The fourth-order valence-electron chi connectivity index (χ4n) is 1.66. The third kappa shape index (κ3) is 4.20. The van der Waals surface area contributed by atoms with Crippen LogP contribution in [-0.2, 0) is 9.53 Å². The number of hydrogen-bond acceptors (Lipinski definition) is 4. The van der Waals surface area contributed by atoms with Gasteiger partial charge in [-0.1, -0.05) is 0 Å². The van der Waals surface area contributed by atoms with Crippen molar-refractivity contribution >= 4 is 12.0 Å². The molecule has 2 unspecified atom stereocenters. The summed E-state index contributed by atoms with van der Waals surface area (Å²) >= 11 is 0. The molecule has 17 heavy (non-hydrogen) atoms. The zero-order valence-electron chi connectivity index (χ0n) is 9.68. The zero-order chi connectivity index (χ0) is 12.8. The number of carbonyl (C=O) groups excluding carboxylic acids is 1. The van der Waals surface area contributed by atoms with Crippen molar-refractivity contribution in [3.63, 3.8) is 0 Å². The van der Waals surface area contributed by atoms with Crippen molar-refractivity contribution in [3.05, 3.63) is 0 Å². The van der Waals surface area contributed by atoms with Gasteiger partial charge in [0.2, 0.25) is 0 Å². The second-order valence-corrected chi connectivity index (χ2v) is 4.10. The van der Waals surface area contributed by atoms with Gasteiger partial charge in [-0.25, -0.2) is 9.59 Å². The number of aliphatic hydroxyl groups is 1. The average molecular weight is 246 g/mol. The summed E-state index contributed by atoms with van der Waals surface area (Å²) in [6.07, 6.45) is 0.879. The molecule has 1 aliphatic rings. The van der Waals surface area contributed by atoms with Gasteiger partial charge in [0.1, 0.15) is 0 Å². The molecule has 0 radical (unpaired) electrons. The molecule has 0 aliphatic carbocycles. The molecule has 4 N–H and O–H groups in total. The molecule has 2 amide bonds. The van der Waals surface area contributed by atoms with Gasteiger partial charge in [0, 0.05) is 18.6 Å². The quantitative estimate of drug-likeness (QED) is 0.505. The van der Waals surface area contributed by atoms with Gasteiger partial charge in [-0.2, -0.15) is 0 Å². The summed E-state index contributed by atoms with van der Waals surface area (Å²) in [5, 5.41) is 22.2. The first-order valence-corrected chi connectivity index (χ1v) is 5.53. The Kier molecular flexibility index (Phi) is 5.17. The lowest BCUT2D eigenvalue weighted by molar-refractivity contribution is -0.140. The van der Waals surface area contributed by atoms with Gasteiger partial charge in [0.05, 0.1) is 13.2 Å². The topological polar surface area (TPSA) is 108 Å². The standard InChI is InChI=1S/C10H18N2O5/c1-6(7-2-3-17-5-7)11-10(16)12-8(4-13)9(14)15/h6-8,13H,2-5H2,1H3,(H,14,15)(H2,11,12,16)/t6?,7?,8-/m0/s1. The lowest BCUT2D eigenvalue weighted by atomic mass is 10.0. The number of nitrogens with one attached hydrogen (secondary N) is 2. The monoisotopic (exact) mass is 246 g/mol. The van der Waals surface area contributed by atoms with Crippen LogP contribution in [0.25, 0.3) is 0 Å². The molecule has 1 heterocycles. The Balaban J connectivity index is 2.35. The average Bonchev–Trinajstić information content (AvgIpc) is 2.78. The van der Waals surface area contributed by atoms with Gasteiger partial charge >= 0.3 is 12.0 Å². The highest BCUT2D eigenvalue weighted by atomic mass is 16.5. The molecule has 1 rings (SSSR count). The Morgan fingerprint density at radius 2 is 2.18 bits per heavy atom. The smallest absolute Gasteiger partial charge is 0.328 e. The van der Waals surface area contributed by atoms with Gasteiger partial charge in [0.25, 0.3) is 0 Å². The largest absolute Gasteiger partial charge is 0.480 e. The van der Waals surface area contributed by atoms with Crippen LogP contribution in [-0.4, -0.2) is 54.1 Å². The number of urea groups is 1. The Morgan fingerprint density at radius 1 is 1.47 bits per heavy atom. The number of carboxylic acids is 1. The van der Waals surface area contributed by atoms with Crippen molar-refractivity contribution in [1.82, 2.24) is 10.6 Å². The Labute approximate surface area is 99.1 Å². The predicted molar refractivity (Wildman–Crippen MR) is 58.6 cm³/mol. The maximum atomic E-state index is 11.4. The minimum atomic E-state index is -1.28. The first kappa shape index (κ1) is 13.7. The van der Waals surface area contributed by atoms with Crippen LogP contribution in [0, 0.1) is 5.92 Å². The lowest BCUT2D eigenvalue weighted by Crippen LogP contribution is -2.51. The highest BCUT2D eigenvalue weighted by molar-refractivity contribution is 5.82. The number of carbonyl (C=O) groups is 2. The third-order valence-corrected chi connectivity index (χ3v) is 2.82. The summed E-state index contributed by atoms with van der Waals surface area (Å²) < 4.78 is 5.19. The van der Waals surface area contributed by atoms with Crippen LogP contribution in [0.3, 0.4) is 0 Å². The van der Waals surface area contributed by atoms with E-state index in [4.69, 9.17) is 14.9 Å². The number of aliphatic hydroxyl groups excluding tert-OH is 1. The molecule has 3 atom stereocenters. The van der Waals surface area contributed by atoms with Crippen LogP contribution < -0.4 is 10.6 Å². The van der Waals surface area contributed by atoms with Crippen molar-refractivity contribution in [2.45, 2.75) is 25.4 Å². The highest BCUT2D eigenvalue weighted by Gasteiger charge is 2.25. The number of carboxylic acid groups (broad SMARTS) is 1. The second kappa shape index (κ2) is 6.41. The number of hydrogen-bond donors (Lipinski definition) is 4. The van der Waals surface area contributed by atoms with Crippen molar-refractivity contribution in [2.75, 3.05) is 19.8 Å². The van der Waals surface area contributed by atoms with Crippen LogP contribution in [0.2, 0.25) is 0 Å². The molecule has 0 aromatic carbocycles. The molecule has 0 bridgehead atoms. The summed E-state index contributed by atoms with van der Waals surface area (Å²) in [5.41, 5.74) is 0. The molecule has 1 fully saturated rings. The predicted octanol–water partition coefficient (Wildman–Crippen LogP) is -0.844. The molecule has 0 aromatic rings. The van der Waals surface area contributed by atoms with Crippen LogP contribution in [0.5, 0.6) is 0 Å². The van der Waals surface area contributed by atoms with Crippen molar-refractivity contribution < 1.29 is 24.5 Å². The van der Waals surface area contributed by atoms with E-state index in [2.05, 4.69) is 10.6 Å². The molecular formula is C10H18N2O5. The minimum absolute atomic E-state index is 0.0920. The van der Waals surface area contributed by atoms with E-state index in [0.29, 0.717) is 13.2 Å². The van der Waals surface area contributed by atoms with E-state index in [0.717, 1.165) is 6.42 Å². The number of aliphatic carboxylic acids is 1. The van der Waals surface area contributed by atoms with Gasteiger partial charge < -0.3 is 25.6 Å². The molecule has 0 saturated carbocycles. The number of amides is 2.